The van der Waals surface area contributed by atoms with E-state index in [1.807, 2.05) is 35.7 Å². The zero-order chi connectivity index (χ0) is 13.8. The fourth-order valence-corrected chi connectivity index (χ4v) is 3.51. The van der Waals surface area contributed by atoms with Gasteiger partial charge in [-0.05, 0) is 19.4 Å². The Labute approximate surface area is 123 Å². The Bertz CT molecular complexity index is 534. The lowest BCUT2D eigenvalue weighted by Gasteiger charge is -2.25. The van der Waals surface area contributed by atoms with E-state index in [4.69, 9.17) is 0 Å². The summed E-state index contributed by atoms with van der Waals surface area (Å²) in [6.07, 6.45) is 1.74. The maximum absolute atomic E-state index is 14.3. The zero-order valence-electron chi connectivity index (χ0n) is 11.4. The number of nitrogens with zero attached hydrogens (tertiary/aromatic N) is 1. The van der Waals surface area contributed by atoms with Crippen LogP contribution in [0.1, 0.15) is 17.8 Å². The number of aromatic nitrogens is 1. The van der Waals surface area contributed by atoms with Crippen LogP contribution in [0.5, 0.6) is 0 Å². The predicted octanol–water partition coefficient (Wildman–Crippen LogP) is 3.69. The summed E-state index contributed by atoms with van der Waals surface area (Å²) < 4.78 is 14.3. The van der Waals surface area contributed by atoms with Gasteiger partial charge in [0.25, 0.3) is 0 Å². The molecule has 1 aromatic carbocycles. The van der Waals surface area contributed by atoms with E-state index >= 15 is 0 Å². The SMILES string of the molecule is FC(Cc1nc(-c2ccccc2)cs1)C1CCCNC1. The third-order valence-electron chi connectivity index (χ3n) is 3.84. The average Bonchev–Trinajstić information content (AvgIpc) is 2.97. The lowest BCUT2D eigenvalue weighted by Crippen LogP contribution is -2.35. The molecule has 1 aliphatic rings. The number of benzene rings is 1. The van der Waals surface area contributed by atoms with Crippen molar-refractivity contribution < 1.29 is 4.39 Å². The van der Waals surface area contributed by atoms with Crippen LogP contribution in [-0.2, 0) is 6.42 Å². The first kappa shape index (κ1) is 13.7. The highest BCUT2D eigenvalue weighted by atomic mass is 32.1. The zero-order valence-corrected chi connectivity index (χ0v) is 12.2. The summed E-state index contributed by atoms with van der Waals surface area (Å²) >= 11 is 1.57. The van der Waals surface area contributed by atoms with Gasteiger partial charge in [0.15, 0.2) is 0 Å². The maximum Gasteiger partial charge on any atom is 0.110 e. The number of thiazole rings is 1. The second kappa shape index (κ2) is 6.46. The first-order valence-electron chi connectivity index (χ1n) is 7.17. The Hall–Kier alpha value is -1.26. The molecule has 0 aliphatic carbocycles. The molecule has 0 saturated carbocycles. The number of hydrogen-bond acceptors (Lipinski definition) is 3. The normalized spacial score (nSPS) is 20.8. The summed E-state index contributed by atoms with van der Waals surface area (Å²) in [5, 5.41) is 6.20. The van der Waals surface area contributed by atoms with Crippen LogP contribution in [0.15, 0.2) is 35.7 Å². The van der Waals surface area contributed by atoms with Gasteiger partial charge in [-0.25, -0.2) is 9.37 Å². The van der Waals surface area contributed by atoms with Crippen LogP contribution in [0, 0.1) is 5.92 Å². The molecule has 0 amide bonds. The molecular formula is C16H19FN2S. The van der Waals surface area contributed by atoms with Gasteiger partial charge >= 0.3 is 0 Å². The molecule has 2 aromatic rings. The minimum Gasteiger partial charge on any atom is -0.316 e. The van der Waals surface area contributed by atoms with Crippen molar-refractivity contribution >= 4 is 11.3 Å². The number of halogens is 1. The van der Waals surface area contributed by atoms with Crippen molar-refractivity contribution in [1.29, 1.82) is 0 Å². The summed E-state index contributed by atoms with van der Waals surface area (Å²) in [5.74, 6) is 0.146. The van der Waals surface area contributed by atoms with Crippen molar-refractivity contribution in [2.75, 3.05) is 13.1 Å². The molecular weight excluding hydrogens is 271 g/mol. The molecule has 3 rings (SSSR count). The van der Waals surface area contributed by atoms with Gasteiger partial charge in [-0.3, -0.25) is 0 Å². The Balaban J connectivity index is 1.65. The van der Waals surface area contributed by atoms with Crippen LogP contribution in [0.25, 0.3) is 11.3 Å². The predicted molar refractivity (Wildman–Crippen MR) is 81.7 cm³/mol. The maximum atomic E-state index is 14.3. The minimum atomic E-state index is -0.780. The van der Waals surface area contributed by atoms with E-state index in [0.717, 1.165) is 42.2 Å². The van der Waals surface area contributed by atoms with E-state index in [1.54, 1.807) is 11.3 Å². The molecule has 4 heteroatoms. The molecule has 1 N–H and O–H groups in total. The highest BCUT2D eigenvalue weighted by molar-refractivity contribution is 7.09. The molecule has 106 valence electrons. The van der Waals surface area contributed by atoms with E-state index in [0.29, 0.717) is 6.42 Å². The van der Waals surface area contributed by atoms with Gasteiger partial charge in [-0.15, -0.1) is 11.3 Å². The largest absolute Gasteiger partial charge is 0.316 e. The molecule has 2 unspecified atom stereocenters. The van der Waals surface area contributed by atoms with Crippen molar-refractivity contribution in [3.8, 4) is 11.3 Å². The second-order valence-electron chi connectivity index (χ2n) is 5.32. The smallest absolute Gasteiger partial charge is 0.110 e. The van der Waals surface area contributed by atoms with E-state index in [2.05, 4.69) is 10.3 Å². The molecule has 0 radical (unpaired) electrons. The summed E-state index contributed by atoms with van der Waals surface area (Å²) in [7, 11) is 0. The molecule has 2 nitrogen and oxygen atoms in total. The Morgan fingerprint density at radius 1 is 1.35 bits per heavy atom. The summed E-state index contributed by atoms with van der Waals surface area (Å²) in [6, 6.07) is 10.1. The summed E-state index contributed by atoms with van der Waals surface area (Å²) in [4.78, 5) is 4.57. The van der Waals surface area contributed by atoms with E-state index in [-0.39, 0.29) is 5.92 Å². The van der Waals surface area contributed by atoms with E-state index < -0.39 is 6.17 Å². The standard InChI is InChI=1S/C16H19FN2S/c17-14(13-7-4-8-18-10-13)9-16-19-15(11-20-16)12-5-2-1-3-6-12/h1-3,5-6,11,13-14,18H,4,7-10H2. The summed E-state index contributed by atoms with van der Waals surface area (Å²) in [5.41, 5.74) is 2.06. The van der Waals surface area contributed by atoms with Crippen LogP contribution in [0.3, 0.4) is 0 Å². The van der Waals surface area contributed by atoms with Crippen molar-refractivity contribution in [3.63, 3.8) is 0 Å². The quantitative estimate of drug-likeness (QED) is 0.929. The number of rotatable bonds is 4. The lowest BCUT2D eigenvalue weighted by atomic mass is 9.93. The molecule has 1 aliphatic heterocycles. The van der Waals surface area contributed by atoms with Crippen LogP contribution in [0.4, 0.5) is 4.39 Å². The molecule has 20 heavy (non-hydrogen) atoms. The third-order valence-corrected chi connectivity index (χ3v) is 4.71. The van der Waals surface area contributed by atoms with Crippen molar-refractivity contribution in [1.82, 2.24) is 10.3 Å². The highest BCUT2D eigenvalue weighted by Crippen LogP contribution is 2.25. The molecule has 1 aromatic heterocycles. The van der Waals surface area contributed by atoms with Gasteiger partial charge in [0.2, 0.25) is 0 Å². The molecule has 2 heterocycles. The fraction of sp³-hybridized carbons (Fsp3) is 0.438. The van der Waals surface area contributed by atoms with Gasteiger partial charge in [0, 0.05) is 29.8 Å². The van der Waals surface area contributed by atoms with Gasteiger partial charge < -0.3 is 5.32 Å². The van der Waals surface area contributed by atoms with E-state index in [9.17, 15) is 4.39 Å². The van der Waals surface area contributed by atoms with Gasteiger partial charge in [0.1, 0.15) is 6.17 Å². The fourth-order valence-electron chi connectivity index (χ4n) is 2.67. The van der Waals surface area contributed by atoms with Crippen molar-refractivity contribution in [2.45, 2.75) is 25.4 Å². The minimum absolute atomic E-state index is 0.146. The van der Waals surface area contributed by atoms with Crippen molar-refractivity contribution in [3.05, 3.63) is 40.7 Å². The van der Waals surface area contributed by atoms with Crippen LogP contribution < -0.4 is 5.32 Å². The third kappa shape index (κ3) is 3.25. The second-order valence-corrected chi connectivity index (χ2v) is 6.26. The van der Waals surface area contributed by atoms with Crippen molar-refractivity contribution in [2.24, 2.45) is 5.92 Å². The number of nitrogens with one attached hydrogen (secondary N) is 1. The van der Waals surface area contributed by atoms with Crippen LogP contribution in [-0.4, -0.2) is 24.2 Å². The van der Waals surface area contributed by atoms with Gasteiger partial charge in [-0.2, -0.15) is 0 Å². The number of piperidine rings is 1. The first-order chi connectivity index (χ1) is 9.83. The highest BCUT2D eigenvalue weighted by Gasteiger charge is 2.24. The first-order valence-corrected chi connectivity index (χ1v) is 8.05. The Morgan fingerprint density at radius 3 is 2.95 bits per heavy atom. The van der Waals surface area contributed by atoms with Crippen LogP contribution >= 0.6 is 11.3 Å². The molecule has 0 bridgehead atoms. The number of alkyl halides is 1. The molecule has 2 atom stereocenters. The summed E-state index contributed by atoms with van der Waals surface area (Å²) in [6.45, 7) is 1.83. The average molecular weight is 290 g/mol. The van der Waals surface area contributed by atoms with Gasteiger partial charge in [0.05, 0.1) is 10.7 Å². The van der Waals surface area contributed by atoms with E-state index in [1.165, 1.54) is 0 Å². The Kier molecular flexibility index (Phi) is 4.43. The lowest BCUT2D eigenvalue weighted by molar-refractivity contribution is 0.191. The monoisotopic (exact) mass is 290 g/mol. The Morgan fingerprint density at radius 2 is 2.20 bits per heavy atom. The number of hydrogen-bond donors (Lipinski definition) is 1. The topological polar surface area (TPSA) is 24.9 Å². The van der Waals surface area contributed by atoms with Crippen LogP contribution in [0.2, 0.25) is 0 Å². The molecule has 1 fully saturated rings. The molecule has 1 saturated heterocycles. The molecule has 0 spiro atoms. The van der Waals surface area contributed by atoms with Gasteiger partial charge in [-0.1, -0.05) is 30.3 Å².